The summed E-state index contributed by atoms with van der Waals surface area (Å²) in [6.07, 6.45) is -1.08. The molecule has 0 aliphatic carbocycles. The van der Waals surface area contributed by atoms with Crippen LogP contribution in [0.2, 0.25) is 0 Å². The van der Waals surface area contributed by atoms with Crippen LogP contribution in [0.4, 0.5) is 4.79 Å². The molecular formula is C29H38N4O6S. The lowest BCUT2D eigenvalue weighted by atomic mass is 10.1. The fourth-order valence-corrected chi connectivity index (χ4v) is 5.11. The maximum Gasteiger partial charge on any atom is 0.407 e. The summed E-state index contributed by atoms with van der Waals surface area (Å²) in [6.45, 7) is 10.1. The Kier molecular flexibility index (Phi) is 10.6. The van der Waals surface area contributed by atoms with Crippen LogP contribution in [-0.4, -0.2) is 86.8 Å². The molecule has 1 aliphatic heterocycles. The number of hydrogen-bond acceptors (Lipinski definition) is 7. The number of amides is 3. The minimum atomic E-state index is -1.04. The average Bonchev–Trinajstić information content (AvgIpc) is 2.89. The molecule has 216 valence electrons. The van der Waals surface area contributed by atoms with Gasteiger partial charge >= 0.3 is 12.1 Å². The van der Waals surface area contributed by atoms with E-state index in [4.69, 9.17) is 4.74 Å². The van der Waals surface area contributed by atoms with E-state index in [9.17, 15) is 24.3 Å². The van der Waals surface area contributed by atoms with Gasteiger partial charge in [0.05, 0.1) is 5.69 Å². The van der Waals surface area contributed by atoms with E-state index in [-0.39, 0.29) is 55.9 Å². The van der Waals surface area contributed by atoms with E-state index in [0.717, 1.165) is 10.5 Å². The quantitative estimate of drug-likeness (QED) is 0.337. The van der Waals surface area contributed by atoms with Gasteiger partial charge in [0.2, 0.25) is 5.91 Å². The van der Waals surface area contributed by atoms with Gasteiger partial charge in [-0.1, -0.05) is 44.2 Å². The number of pyridine rings is 1. The molecular weight excluding hydrogens is 532 g/mol. The molecule has 40 heavy (non-hydrogen) atoms. The predicted octanol–water partition coefficient (Wildman–Crippen LogP) is 4.29. The number of carbonyl (C=O) groups is 4. The molecule has 1 aromatic heterocycles. The van der Waals surface area contributed by atoms with Crippen LogP contribution in [0, 0.1) is 0 Å². The van der Waals surface area contributed by atoms with Crippen molar-refractivity contribution in [3.63, 3.8) is 0 Å². The summed E-state index contributed by atoms with van der Waals surface area (Å²) >= 11 is 1.60. The number of benzene rings is 1. The molecule has 11 heteroatoms. The third kappa shape index (κ3) is 9.25. The van der Waals surface area contributed by atoms with Crippen molar-refractivity contribution < 1.29 is 29.0 Å². The van der Waals surface area contributed by atoms with Crippen molar-refractivity contribution in [3.05, 3.63) is 48.2 Å². The monoisotopic (exact) mass is 570 g/mol. The first kappa shape index (κ1) is 30.9. The molecule has 0 saturated carbocycles. The number of hydrogen-bond donors (Lipinski definition) is 2. The molecule has 10 nitrogen and oxygen atoms in total. The highest BCUT2D eigenvalue weighted by Gasteiger charge is 2.31. The maximum atomic E-state index is 13.5. The second kappa shape index (κ2) is 13.6. The van der Waals surface area contributed by atoms with E-state index in [1.807, 2.05) is 36.4 Å². The number of nitrogens with zero attached hydrogens (tertiary/aromatic N) is 3. The van der Waals surface area contributed by atoms with Gasteiger partial charge in [0, 0.05) is 48.3 Å². The van der Waals surface area contributed by atoms with Gasteiger partial charge in [0.1, 0.15) is 17.3 Å². The molecule has 0 radical (unpaired) electrons. The Labute approximate surface area is 239 Å². The zero-order valence-electron chi connectivity index (χ0n) is 23.7. The van der Waals surface area contributed by atoms with Crippen LogP contribution in [0.15, 0.2) is 47.4 Å². The first-order valence-electron chi connectivity index (χ1n) is 13.4. The third-order valence-corrected chi connectivity index (χ3v) is 6.97. The normalized spacial score (nSPS) is 14.6. The third-order valence-electron chi connectivity index (χ3n) is 6.00. The number of thioether (sulfide) groups is 1. The van der Waals surface area contributed by atoms with Gasteiger partial charge in [0.15, 0.2) is 0 Å². The van der Waals surface area contributed by atoms with Crippen molar-refractivity contribution in [3.8, 4) is 11.3 Å². The van der Waals surface area contributed by atoms with Crippen LogP contribution < -0.4 is 5.32 Å². The molecule has 2 heterocycles. The highest BCUT2D eigenvalue weighted by Crippen LogP contribution is 2.28. The molecule has 1 aliphatic rings. The largest absolute Gasteiger partial charge is 0.465 e. The number of carboxylic acid groups (broad SMARTS) is 1. The minimum Gasteiger partial charge on any atom is -0.465 e. The van der Waals surface area contributed by atoms with Crippen molar-refractivity contribution in [1.29, 1.82) is 0 Å². The number of ether oxygens (including phenoxy) is 1. The number of esters is 1. The lowest BCUT2D eigenvalue weighted by molar-refractivity contribution is -0.155. The molecule has 3 rings (SSSR count). The summed E-state index contributed by atoms with van der Waals surface area (Å²) in [4.78, 5) is 59.0. The van der Waals surface area contributed by atoms with E-state index in [2.05, 4.69) is 24.1 Å². The summed E-state index contributed by atoms with van der Waals surface area (Å²) in [6, 6.07) is 12.1. The van der Waals surface area contributed by atoms with Crippen molar-refractivity contribution in [2.75, 3.05) is 26.2 Å². The Balaban J connectivity index is 1.84. The van der Waals surface area contributed by atoms with E-state index in [1.54, 1.807) is 38.6 Å². The Morgan fingerprint density at radius 2 is 1.65 bits per heavy atom. The van der Waals surface area contributed by atoms with Crippen molar-refractivity contribution >= 4 is 35.6 Å². The van der Waals surface area contributed by atoms with Crippen LogP contribution in [0.1, 0.15) is 57.9 Å². The van der Waals surface area contributed by atoms with Crippen molar-refractivity contribution in [1.82, 2.24) is 20.1 Å². The summed E-state index contributed by atoms with van der Waals surface area (Å²) in [7, 11) is 0. The first-order chi connectivity index (χ1) is 18.8. The van der Waals surface area contributed by atoms with Crippen molar-refractivity contribution in [2.24, 2.45) is 0 Å². The second-order valence-corrected chi connectivity index (χ2v) is 12.5. The molecule has 0 bridgehead atoms. The molecule has 1 atom stereocenters. The smallest absolute Gasteiger partial charge is 0.407 e. The molecule has 2 N–H and O–H groups in total. The number of nitrogens with one attached hydrogen (secondary N) is 1. The molecule has 0 spiro atoms. The number of aromatic nitrogens is 1. The van der Waals surface area contributed by atoms with Gasteiger partial charge in [-0.15, -0.1) is 11.8 Å². The number of carbonyl (C=O) groups excluding carboxylic acids is 3. The molecule has 3 amide bonds. The summed E-state index contributed by atoms with van der Waals surface area (Å²) < 4.78 is 5.40. The molecule has 1 fully saturated rings. The standard InChI is InChI=1S/C29H38N4O6S/c1-19(2)40-21-17-23(20-9-7-6-8-10-20)30-24(18-21)26(35)31-22(11-12-25(34)39-29(3,4)5)27(36)32-13-15-33(16-14-32)28(37)38/h6-10,17-19,22H,11-16H2,1-5H3,(H,31,35)(H,37,38)/t22-/m0/s1. The highest BCUT2D eigenvalue weighted by atomic mass is 32.2. The minimum absolute atomic E-state index is 0.0323. The van der Waals surface area contributed by atoms with Gasteiger partial charge in [-0.2, -0.15) is 0 Å². The Hall–Kier alpha value is -3.60. The van der Waals surface area contributed by atoms with Gasteiger partial charge in [-0.05, 0) is 39.3 Å². The van der Waals surface area contributed by atoms with Gasteiger partial charge in [-0.25, -0.2) is 9.78 Å². The molecule has 1 saturated heterocycles. The number of rotatable bonds is 9. The molecule has 1 aromatic carbocycles. The average molecular weight is 571 g/mol. The van der Waals surface area contributed by atoms with Gasteiger partial charge in [0.25, 0.3) is 5.91 Å². The van der Waals surface area contributed by atoms with Gasteiger partial charge in [-0.3, -0.25) is 14.4 Å². The van der Waals surface area contributed by atoms with Crippen molar-refractivity contribution in [2.45, 2.75) is 69.2 Å². The van der Waals surface area contributed by atoms with Crippen LogP contribution in [0.3, 0.4) is 0 Å². The number of piperazine rings is 1. The summed E-state index contributed by atoms with van der Waals surface area (Å²) in [5.74, 6) is -1.39. The zero-order valence-corrected chi connectivity index (χ0v) is 24.5. The SMILES string of the molecule is CC(C)Sc1cc(C(=O)N[C@@H](CCC(=O)OC(C)(C)C)C(=O)N2CCN(C(=O)O)CC2)nc(-c2ccccc2)c1. The predicted molar refractivity (Wildman–Crippen MR) is 153 cm³/mol. The van der Waals surface area contributed by atoms with E-state index < -0.39 is 29.6 Å². The fraction of sp³-hybridized carbons (Fsp3) is 0.483. The Morgan fingerprint density at radius 3 is 2.23 bits per heavy atom. The maximum absolute atomic E-state index is 13.5. The van der Waals surface area contributed by atoms with E-state index in [1.165, 1.54) is 9.80 Å². The first-order valence-corrected chi connectivity index (χ1v) is 14.2. The lowest BCUT2D eigenvalue weighted by Crippen LogP contribution is -2.55. The molecule has 2 aromatic rings. The van der Waals surface area contributed by atoms with Crippen LogP contribution in [0.25, 0.3) is 11.3 Å². The Bertz CT molecular complexity index is 1210. The molecule has 0 unspecified atom stereocenters. The van der Waals surface area contributed by atoms with Gasteiger partial charge < -0.3 is 25.0 Å². The highest BCUT2D eigenvalue weighted by molar-refractivity contribution is 7.99. The van der Waals surface area contributed by atoms with E-state index in [0.29, 0.717) is 5.69 Å². The second-order valence-electron chi connectivity index (χ2n) is 10.9. The summed E-state index contributed by atoms with van der Waals surface area (Å²) in [5, 5.41) is 12.3. The van der Waals surface area contributed by atoms with Crippen LogP contribution in [-0.2, 0) is 14.3 Å². The summed E-state index contributed by atoms with van der Waals surface area (Å²) in [5.41, 5.74) is 0.976. The zero-order chi connectivity index (χ0) is 29.4. The van der Waals surface area contributed by atoms with Crippen LogP contribution in [0.5, 0.6) is 0 Å². The fourth-order valence-electron chi connectivity index (χ4n) is 4.20. The lowest BCUT2D eigenvalue weighted by Gasteiger charge is -2.35. The van der Waals surface area contributed by atoms with Crippen LogP contribution >= 0.6 is 11.8 Å². The topological polar surface area (TPSA) is 129 Å². The Morgan fingerprint density at radius 1 is 1.02 bits per heavy atom. The van der Waals surface area contributed by atoms with E-state index >= 15 is 0 Å².